The summed E-state index contributed by atoms with van der Waals surface area (Å²) in [5.41, 5.74) is -0.247. The molecular formula is C10H20N2O2. The van der Waals surface area contributed by atoms with Crippen LogP contribution in [0.2, 0.25) is 0 Å². The van der Waals surface area contributed by atoms with Crippen molar-refractivity contribution >= 4 is 5.91 Å². The number of nitrogens with one attached hydrogen (secondary N) is 2. The first-order chi connectivity index (χ1) is 6.64. The molecule has 3 N–H and O–H groups in total. The summed E-state index contributed by atoms with van der Waals surface area (Å²) < 4.78 is 0. The molecule has 1 amide bonds. The number of aliphatic hydroxyl groups is 1. The minimum absolute atomic E-state index is 0.00103. The van der Waals surface area contributed by atoms with Crippen LogP contribution in [0.25, 0.3) is 0 Å². The van der Waals surface area contributed by atoms with Crippen LogP contribution in [0.3, 0.4) is 0 Å². The van der Waals surface area contributed by atoms with Gasteiger partial charge in [-0.2, -0.15) is 0 Å². The highest BCUT2D eigenvalue weighted by atomic mass is 16.3. The molecule has 1 unspecified atom stereocenters. The zero-order valence-corrected chi connectivity index (χ0v) is 8.97. The molecule has 1 heterocycles. The van der Waals surface area contributed by atoms with Crippen LogP contribution < -0.4 is 10.6 Å². The van der Waals surface area contributed by atoms with Gasteiger partial charge >= 0.3 is 0 Å². The van der Waals surface area contributed by atoms with Gasteiger partial charge in [0, 0.05) is 12.6 Å². The van der Waals surface area contributed by atoms with Gasteiger partial charge in [0.2, 0.25) is 5.91 Å². The number of hydrogen-bond donors (Lipinski definition) is 3. The lowest BCUT2D eigenvalue weighted by atomic mass is 9.83. The molecule has 1 rings (SSSR count). The van der Waals surface area contributed by atoms with E-state index in [1.165, 1.54) is 0 Å². The molecule has 1 aliphatic rings. The Morgan fingerprint density at radius 2 is 2.43 bits per heavy atom. The molecule has 4 heteroatoms. The summed E-state index contributed by atoms with van der Waals surface area (Å²) in [5, 5.41) is 14.9. The quantitative estimate of drug-likeness (QED) is 0.592. The number of carbonyl (C=O) groups is 1. The van der Waals surface area contributed by atoms with Gasteiger partial charge in [-0.25, -0.2) is 0 Å². The average molecular weight is 200 g/mol. The van der Waals surface area contributed by atoms with Gasteiger partial charge in [-0.3, -0.25) is 4.79 Å². The third-order valence-electron chi connectivity index (χ3n) is 3.05. The maximum Gasteiger partial charge on any atom is 0.227 e. The zero-order valence-electron chi connectivity index (χ0n) is 8.97. The molecule has 1 fully saturated rings. The lowest BCUT2D eigenvalue weighted by molar-refractivity contribution is -0.131. The van der Waals surface area contributed by atoms with Crippen molar-refractivity contribution in [1.29, 1.82) is 0 Å². The third-order valence-corrected chi connectivity index (χ3v) is 3.05. The second-order valence-corrected chi connectivity index (χ2v) is 4.12. The van der Waals surface area contributed by atoms with Gasteiger partial charge < -0.3 is 15.7 Å². The van der Waals surface area contributed by atoms with Crippen molar-refractivity contribution in [3.63, 3.8) is 0 Å². The third kappa shape index (κ3) is 2.25. The summed E-state index contributed by atoms with van der Waals surface area (Å²) in [6.07, 6.45) is 1.75. The van der Waals surface area contributed by atoms with Crippen molar-refractivity contribution in [3.05, 3.63) is 0 Å². The van der Waals surface area contributed by atoms with Crippen LogP contribution >= 0.6 is 0 Å². The Balaban J connectivity index is 2.56. The van der Waals surface area contributed by atoms with Crippen molar-refractivity contribution in [2.24, 2.45) is 5.41 Å². The number of rotatable bonds is 4. The van der Waals surface area contributed by atoms with E-state index in [2.05, 4.69) is 10.6 Å². The minimum Gasteiger partial charge on any atom is -0.394 e. The number of aliphatic hydroxyl groups excluding tert-OH is 1. The van der Waals surface area contributed by atoms with Crippen molar-refractivity contribution in [1.82, 2.24) is 10.6 Å². The first-order valence-electron chi connectivity index (χ1n) is 5.27. The molecule has 4 nitrogen and oxygen atoms in total. The van der Waals surface area contributed by atoms with E-state index in [9.17, 15) is 4.79 Å². The molecular weight excluding hydrogens is 180 g/mol. The summed E-state index contributed by atoms with van der Waals surface area (Å²) in [7, 11) is 0. The Kier molecular flexibility index (Phi) is 3.89. The van der Waals surface area contributed by atoms with E-state index in [4.69, 9.17) is 5.11 Å². The largest absolute Gasteiger partial charge is 0.394 e. The van der Waals surface area contributed by atoms with Crippen molar-refractivity contribution in [2.45, 2.75) is 32.7 Å². The zero-order chi connectivity index (χ0) is 10.6. The Hall–Kier alpha value is -0.610. The van der Waals surface area contributed by atoms with Gasteiger partial charge in [0.25, 0.3) is 0 Å². The lowest BCUT2D eigenvalue weighted by Gasteiger charge is -2.26. The predicted molar refractivity (Wildman–Crippen MR) is 54.9 cm³/mol. The lowest BCUT2D eigenvalue weighted by Crippen LogP contribution is -2.46. The second-order valence-electron chi connectivity index (χ2n) is 4.12. The van der Waals surface area contributed by atoms with Crippen LogP contribution in [-0.2, 0) is 4.79 Å². The van der Waals surface area contributed by atoms with Gasteiger partial charge in [-0.15, -0.1) is 0 Å². The summed E-state index contributed by atoms with van der Waals surface area (Å²) in [6, 6.07) is -0.147. The highest BCUT2D eigenvalue weighted by Gasteiger charge is 2.39. The summed E-state index contributed by atoms with van der Waals surface area (Å²) in [6.45, 7) is 5.51. The monoisotopic (exact) mass is 200 g/mol. The van der Waals surface area contributed by atoms with Crippen LogP contribution in [0.5, 0.6) is 0 Å². The highest BCUT2D eigenvalue weighted by molar-refractivity contribution is 5.83. The fraction of sp³-hybridized carbons (Fsp3) is 0.900. The van der Waals surface area contributed by atoms with Gasteiger partial charge in [-0.05, 0) is 26.3 Å². The summed E-state index contributed by atoms with van der Waals surface area (Å²) in [4.78, 5) is 11.9. The molecule has 0 aromatic rings. The maximum absolute atomic E-state index is 11.9. The van der Waals surface area contributed by atoms with Crippen LogP contribution in [0.4, 0.5) is 0 Å². The van der Waals surface area contributed by atoms with Gasteiger partial charge in [0.05, 0.1) is 12.0 Å². The SMILES string of the molecule is CCC1(C(=O)N[C@@H](C)CO)CCNC1. The number of hydrogen-bond acceptors (Lipinski definition) is 3. The van der Waals surface area contributed by atoms with Crippen molar-refractivity contribution in [2.75, 3.05) is 19.7 Å². The Morgan fingerprint density at radius 1 is 1.71 bits per heavy atom. The van der Waals surface area contributed by atoms with Gasteiger partial charge in [-0.1, -0.05) is 6.92 Å². The van der Waals surface area contributed by atoms with E-state index >= 15 is 0 Å². The topological polar surface area (TPSA) is 61.4 Å². The van der Waals surface area contributed by atoms with Crippen LogP contribution in [0.1, 0.15) is 26.7 Å². The standard InChI is InChI=1S/C10H20N2O2/c1-3-10(4-5-11-7-10)9(14)12-8(2)6-13/h8,11,13H,3-7H2,1-2H3,(H,12,14)/t8-,10?/m0/s1. The Morgan fingerprint density at radius 3 is 2.86 bits per heavy atom. The second kappa shape index (κ2) is 4.75. The molecule has 0 saturated carbocycles. The summed E-state index contributed by atoms with van der Waals surface area (Å²) >= 11 is 0. The van der Waals surface area contributed by atoms with E-state index < -0.39 is 0 Å². The normalized spacial score (nSPS) is 28.8. The molecule has 0 aromatic carbocycles. The van der Waals surface area contributed by atoms with E-state index in [0.29, 0.717) is 0 Å². The average Bonchev–Trinajstić information content (AvgIpc) is 2.67. The van der Waals surface area contributed by atoms with Crippen molar-refractivity contribution < 1.29 is 9.90 Å². The number of amides is 1. The molecule has 0 radical (unpaired) electrons. The molecule has 0 aromatic heterocycles. The van der Waals surface area contributed by atoms with Crippen LogP contribution in [0, 0.1) is 5.41 Å². The maximum atomic E-state index is 11.9. The molecule has 82 valence electrons. The molecule has 0 aliphatic carbocycles. The molecule has 0 spiro atoms. The summed E-state index contributed by atoms with van der Waals surface area (Å²) in [5.74, 6) is 0.0755. The van der Waals surface area contributed by atoms with Crippen LogP contribution in [-0.4, -0.2) is 36.8 Å². The molecule has 2 atom stereocenters. The first kappa shape index (κ1) is 11.5. The fourth-order valence-electron chi connectivity index (χ4n) is 1.82. The molecule has 0 bridgehead atoms. The molecule has 1 saturated heterocycles. The Labute approximate surface area is 85.1 Å². The smallest absolute Gasteiger partial charge is 0.227 e. The van der Waals surface area contributed by atoms with E-state index in [0.717, 1.165) is 25.9 Å². The minimum atomic E-state index is -0.247. The first-order valence-corrected chi connectivity index (χ1v) is 5.27. The predicted octanol–water partition coefficient (Wildman–Crippen LogP) is -0.127. The van der Waals surface area contributed by atoms with E-state index in [1.54, 1.807) is 0 Å². The molecule has 1 aliphatic heterocycles. The van der Waals surface area contributed by atoms with Crippen molar-refractivity contribution in [3.8, 4) is 0 Å². The highest BCUT2D eigenvalue weighted by Crippen LogP contribution is 2.29. The van der Waals surface area contributed by atoms with Crippen LogP contribution in [0.15, 0.2) is 0 Å². The van der Waals surface area contributed by atoms with E-state index in [-0.39, 0.29) is 24.0 Å². The number of carbonyl (C=O) groups excluding carboxylic acids is 1. The fourth-order valence-corrected chi connectivity index (χ4v) is 1.82. The van der Waals surface area contributed by atoms with Gasteiger partial charge in [0.15, 0.2) is 0 Å². The molecule has 14 heavy (non-hydrogen) atoms. The van der Waals surface area contributed by atoms with E-state index in [1.807, 2.05) is 13.8 Å². The van der Waals surface area contributed by atoms with Gasteiger partial charge in [0.1, 0.15) is 0 Å². The Bertz CT molecular complexity index is 200.